The summed E-state index contributed by atoms with van der Waals surface area (Å²) in [6, 6.07) is -0.937. The lowest BCUT2D eigenvalue weighted by Gasteiger charge is -2.46. The van der Waals surface area contributed by atoms with Crippen molar-refractivity contribution in [3.63, 3.8) is 0 Å². The minimum Gasteiger partial charge on any atom is -0.394 e. The van der Waals surface area contributed by atoms with Crippen molar-refractivity contribution in [1.29, 1.82) is 0 Å². The molecule has 1 amide bonds. The minimum absolute atomic E-state index is 0.246. The van der Waals surface area contributed by atoms with Crippen LogP contribution in [0.2, 0.25) is 0 Å². The number of aliphatic hydroxyl groups excluding tert-OH is 8. The molecule has 0 aromatic heterocycles. The highest BCUT2D eigenvalue weighted by atomic mass is 16.7. The van der Waals surface area contributed by atoms with Crippen LogP contribution in [0.5, 0.6) is 0 Å². The summed E-state index contributed by atoms with van der Waals surface area (Å²) < 4.78 is 22.8. The Kier molecular flexibility index (Phi) is 56.1. The Hall–Kier alpha value is -1.79. The lowest BCUT2D eigenvalue weighted by Crippen LogP contribution is -2.65. The third kappa shape index (κ3) is 43.7. The summed E-state index contributed by atoms with van der Waals surface area (Å²) in [5, 5.41) is 87.4. The summed E-state index contributed by atoms with van der Waals surface area (Å²) in [6.07, 6.45) is 60.9. The molecule has 0 saturated carbocycles. The van der Waals surface area contributed by atoms with Crippen LogP contribution in [-0.2, 0) is 23.7 Å². The molecule has 12 atom stereocenters. The molecule has 14 nitrogen and oxygen atoms in total. The van der Waals surface area contributed by atoms with Crippen LogP contribution in [0.15, 0.2) is 36.5 Å². The van der Waals surface area contributed by atoms with Crippen molar-refractivity contribution >= 4 is 5.91 Å². The monoisotopic (exact) mass is 1260 g/mol. The fraction of sp³-hybridized carbons (Fsp3) is 0.907. The maximum absolute atomic E-state index is 13.3. The molecule has 0 spiro atoms. The average molecular weight is 1260 g/mol. The molecule has 2 saturated heterocycles. The summed E-state index contributed by atoms with van der Waals surface area (Å²) >= 11 is 0. The summed E-state index contributed by atoms with van der Waals surface area (Å²) in [7, 11) is 0. The van der Waals surface area contributed by atoms with Gasteiger partial charge in [0.15, 0.2) is 12.6 Å². The lowest BCUT2D eigenvalue weighted by molar-refractivity contribution is -0.359. The van der Waals surface area contributed by atoms with Gasteiger partial charge in [-0.1, -0.05) is 326 Å². The molecular weight excluding hydrogens is 1120 g/mol. The van der Waals surface area contributed by atoms with Crippen molar-refractivity contribution in [3.05, 3.63) is 36.5 Å². The van der Waals surface area contributed by atoms with E-state index >= 15 is 0 Å². The Balaban J connectivity index is 1.62. The number of hydrogen-bond acceptors (Lipinski definition) is 13. The molecule has 2 heterocycles. The Morgan fingerprint density at radius 1 is 0.393 bits per heavy atom. The topological polar surface area (TPSA) is 228 Å². The average Bonchev–Trinajstić information content (AvgIpc) is 3.62. The molecule has 524 valence electrons. The van der Waals surface area contributed by atoms with Gasteiger partial charge in [0.2, 0.25) is 5.91 Å². The summed E-state index contributed by atoms with van der Waals surface area (Å²) in [6.45, 7) is 2.82. The molecular formula is C75H141NO13. The third-order valence-electron chi connectivity index (χ3n) is 18.6. The highest BCUT2D eigenvalue weighted by Gasteiger charge is 2.51. The lowest BCUT2D eigenvalue weighted by atomic mass is 9.97. The molecule has 12 unspecified atom stereocenters. The number of rotatable bonds is 63. The Morgan fingerprint density at radius 2 is 0.719 bits per heavy atom. The number of hydrogen-bond donors (Lipinski definition) is 9. The molecule has 0 radical (unpaired) electrons. The molecule has 2 fully saturated rings. The maximum atomic E-state index is 13.3. The highest BCUT2D eigenvalue weighted by molar-refractivity contribution is 5.76. The number of carbonyl (C=O) groups excluding carboxylic acids is 1. The Labute approximate surface area is 544 Å². The number of unbranched alkanes of at least 4 members (excludes halogenated alkanes) is 46. The van der Waals surface area contributed by atoms with Gasteiger partial charge in [0.1, 0.15) is 48.8 Å². The van der Waals surface area contributed by atoms with E-state index in [9.17, 15) is 45.6 Å². The van der Waals surface area contributed by atoms with E-state index in [1.54, 1.807) is 6.08 Å². The first kappa shape index (κ1) is 83.3. The molecule has 0 aromatic carbocycles. The van der Waals surface area contributed by atoms with E-state index in [1.807, 2.05) is 6.08 Å². The van der Waals surface area contributed by atoms with Crippen LogP contribution in [0.4, 0.5) is 0 Å². The van der Waals surface area contributed by atoms with Crippen LogP contribution in [0.3, 0.4) is 0 Å². The zero-order chi connectivity index (χ0) is 64.5. The third-order valence-corrected chi connectivity index (χ3v) is 18.6. The van der Waals surface area contributed by atoms with Gasteiger partial charge >= 0.3 is 0 Å². The van der Waals surface area contributed by atoms with Crippen LogP contribution in [-0.4, -0.2) is 140 Å². The molecule has 0 aliphatic carbocycles. The van der Waals surface area contributed by atoms with Crippen molar-refractivity contribution in [2.75, 3.05) is 19.8 Å². The zero-order valence-electron chi connectivity index (χ0n) is 57.2. The second-order valence-corrected chi connectivity index (χ2v) is 26.8. The SMILES string of the molecule is CCCCCCCCCCCC/C=C/CC/C=C/CC/C=C/C(O)C(COC1OC(CO)C(OC2OC(CO)C(O)C(O)C2O)C(O)C1O)NC(=O)CCCCCCCCCCCCCCCCCCCCCCCCCCCCCCCCCCCCC. The fourth-order valence-corrected chi connectivity index (χ4v) is 12.6. The zero-order valence-corrected chi connectivity index (χ0v) is 57.2. The van der Waals surface area contributed by atoms with E-state index in [1.165, 1.54) is 263 Å². The van der Waals surface area contributed by atoms with Gasteiger partial charge in [-0.25, -0.2) is 0 Å². The second-order valence-electron chi connectivity index (χ2n) is 26.8. The largest absolute Gasteiger partial charge is 0.394 e. The van der Waals surface area contributed by atoms with Gasteiger partial charge in [0, 0.05) is 6.42 Å². The predicted molar refractivity (Wildman–Crippen MR) is 365 cm³/mol. The van der Waals surface area contributed by atoms with Crippen molar-refractivity contribution in [2.24, 2.45) is 0 Å². The van der Waals surface area contributed by atoms with Crippen LogP contribution in [0, 0.1) is 0 Å². The number of aliphatic hydroxyl groups is 8. The van der Waals surface area contributed by atoms with Crippen LogP contribution in [0.1, 0.15) is 341 Å². The molecule has 89 heavy (non-hydrogen) atoms. The molecule has 2 rings (SSSR count). The Morgan fingerprint density at radius 3 is 1.10 bits per heavy atom. The summed E-state index contributed by atoms with van der Waals surface area (Å²) in [5.41, 5.74) is 0. The quantitative estimate of drug-likeness (QED) is 0.0204. The van der Waals surface area contributed by atoms with Gasteiger partial charge in [-0.3, -0.25) is 4.79 Å². The van der Waals surface area contributed by atoms with Crippen molar-refractivity contribution < 1.29 is 64.6 Å². The second kappa shape index (κ2) is 59.9. The first-order chi connectivity index (χ1) is 43.6. The molecule has 2 aliphatic heterocycles. The van der Waals surface area contributed by atoms with E-state index in [0.29, 0.717) is 12.8 Å². The van der Waals surface area contributed by atoms with Crippen LogP contribution < -0.4 is 5.32 Å². The molecule has 9 N–H and O–H groups in total. The molecule has 0 aromatic rings. The van der Waals surface area contributed by atoms with Crippen molar-refractivity contribution in [3.8, 4) is 0 Å². The Bertz CT molecular complexity index is 1630. The van der Waals surface area contributed by atoms with Crippen molar-refractivity contribution in [1.82, 2.24) is 5.32 Å². The first-order valence-electron chi connectivity index (χ1n) is 37.7. The van der Waals surface area contributed by atoms with Gasteiger partial charge in [-0.15, -0.1) is 0 Å². The van der Waals surface area contributed by atoms with Gasteiger partial charge in [-0.05, 0) is 44.9 Å². The predicted octanol–water partition coefficient (Wildman–Crippen LogP) is 16.1. The van der Waals surface area contributed by atoms with Gasteiger partial charge in [-0.2, -0.15) is 0 Å². The van der Waals surface area contributed by atoms with E-state index in [0.717, 1.165) is 44.9 Å². The van der Waals surface area contributed by atoms with E-state index in [4.69, 9.17) is 18.9 Å². The standard InChI is InChI=1S/C75H141NO13/c1-3-5-7-9-11-13-15-17-19-21-23-25-26-27-28-29-30-31-32-33-34-35-36-37-38-39-41-43-45-47-49-51-53-55-57-59-67(80)76-63(64(79)58-56-54-52-50-48-46-44-42-40-24-22-20-18-16-14-12-10-8-6-4-2)62-86-74-72(85)70(83)73(66(61-78)88-74)89-75-71(84)69(82)68(81)65(60-77)87-75/h40,42,48,50,56,58,63-66,68-75,77-79,81-85H,3-39,41,43-47,49,51-55,57,59-62H2,1-2H3,(H,76,80)/b42-40+,50-48+,58-56+. The molecule has 2 aliphatic rings. The van der Waals surface area contributed by atoms with E-state index in [-0.39, 0.29) is 18.9 Å². The van der Waals surface area contributed by atoms with Crippen LogP contribution in [0.25, 0.3) is 0 Å². The summed E-state index contributed by atoms with van der Waals surface area (Å²) in [4.78, 5) is 13.3. The summed E-state index contributed by atoms with van der Waals surface area (Å²) in [5.74, 6) is -0.246. The fourth-order valence-electron chi connectivity index (χ4n) is 12.6. The van der Waals surface area contributed by atoms with Gasteiger partial charge in [0.05, 0.1) is 32.0 Å². The van der Waals surface area contributed by atoms with Gasteiger partial charge in [0.25, 0.3) is 0 Å². The van der Waals surface area contributed by atoms with E-state index < -0.39 is 86.8 Å². The smallest absolute Gasteiger partial charge is 0.220 e. The molecule has 0 bridgehead atoms. The normalized spacial score (nSPS) is 23.2. The van der Waals surface area contributed by atoms with Crippen LogP contribution >= 0.6 is 0 Å². The van der Waals surface area contributed by atoms with E-state index in [2.05, 4.69) is 43.5 Å². The molecule has 14 heteroatoms. The number of ether oxygens (including phenoxy) is 4. The number of amides is 1. The van der Waals surface area contributed by atoms with Gasteiger partial charge < -0.3 is 65.1 Å². The number of carbonyl (C=O) groups is 1. The highest BCUT2D eigenvalue weighted by Crippen LogP contribution is 2.30. The first-order valence-corrected chi connectivity index (χ1v) is 37.7. The minimum atomic E-state index is -1.79. The number of nitrogens with one attached hydrogen (secondary N) is 1. The number of allylic oxidation sites excluding steroid dienone is 5. The van der Waals surface area contributed by atoms with Crippen molar-refractivity contribution in [2.45, 2.75) is 415 Å². The maximum Gasteiger partial charge on any atom is 0.220 e.